The molecule has 1 aliphatic heterocycles. The van der Waals surface area contributed by atoms with Gasteiger partial charge in [-0.25, -0.2) is 14.8 Å². The molecule has 7 rings (SSSR count). The number of pyridine rings is 1. The lowest BCUT2D eigenvalue weighted by Gasteiger charge is -2.21. The molecule has 3 N–H and O–H groups in total. The van der Waals surface area contributed by atoms with Crippen molar-refractivity contribution in [2.24, 2.45) is 31.7 Å². The quantitative estimate of drug-likeness (QED) is 0.211. The minimum atomic E-state index is -0.586. The van der Waals surface area contributed by atoms with Gasteiger partial charge in [-0.05, 0) is 19.1 Å². The summed E-state index contributed by atoms with van der Waals surface area (Å²) in [7, 11) is 4.56. The van der Waals surface area contributed by atoms with Crippen LogP contribution < -0.4 is 27.0 Å². The Bertz CT molecular complexity index is 2310. The van der Waals surface area contributed by atoms with E-state index in [0.29, 0.717) is 81.4 Å². The van der Waals surface area contributed by atoms with Crippen LogP contribution in [0, 0.1) is 11.8 Å². The average Bonchev–Trinajstić information content (AvgIpc) is 3.53. The Kier molecular flexibility index (Phi) is 8.63. The van der Waals surface area contributed by atoms with Gasteiger partial charge in [0.15, 0.2) is 0 Å². The molecule has 1 saturated carbocycles. The number of anilines is 2. The lowest BCUT2D eigenvalue weighted by Crippen LogP contribution is -2.38. The number of nitrogens with zero attached hydrogens (tertiary/aromatic N) is 6. The van der Waals surface area contributed by atoms with Crippen molar-refractivity contribution in [2.45, 2.75) is 19.0 Å². The Balaban J connectivity index is 1.16. The summed E-state index contributed by atoms with van der Waals surface area (Å²) in [4.78, 5) is 53.9. The zero-order valence-corrected chi connectivity index (χ0v) is 29.2. The van der Waals surface area contributed by atoms with Crippen molar-refractivity contribution in [2.75, 3.05) is 32.1 Å². The SMILES string of the molecule is CCOC(=O)[C@H]1[C@@H]2CN(Cc3ncc(-c4cccc(-c5cccc(Nc6nccc7c6c(=O)n(C)c(=O)n7C)c5Cl)c4Cl)nc3OC)C[C@@]21N. The average molecular weight is 718 g/mol. The lowest BCUT2D eigenvalue weighted by molar-refractivity contribution is -0.145. The van der Waals surface area contributed by atoms with E-state index in [1.165, 1.54) is 24.9 Å². The third-order valence-electron chi connectivity index (χ3n) is 9.63. The van der Waals surface area contributed by atoms with Gasteiger partial charge in [-0.2, -0.15) is 0 Å². The first-order valence-corrected chi connectivity index (χ1v) is 16.7. The largest absolute Gasteiger partial charge is 0.480 e. The van der Waals surface area contributed by atoms with Crippen molar-refractivity contribution in [1.82, 2.24) is 29.0 Å². The number of nitrogens with one attached hydrogen (secondary N) is 1. The Morgan fingerprint density at radius 2 is 1.76 bits per heavy atom. The van der Waals surface area contributed by atoms with Crippen molar-refractivity contribution in [3.05, 3.63) is 91.4 Å². The molecular weight excluding hydrogens is 683 g/mol. The third kappa shape index (κ3) is 5.50. The normalized spacial score (nSPS) is 19.7. The van der Waals surface area contributed by atoms with Gasteiger partial charge in [0, 0.05) is 68.1 Å². The van der Waals surface area contributed by atoms with Crippen LogP contribution in [0.4, 0.5) is 11.5 Å². The Morgan fingerprint density at radius 1 is 1.04 bits per heavy atom. The molecule has 0 radical (unpaired) electrons. The molecule has 0 bridgehead atoms. The fourth-order valence-corrected chi connectivity index (χ4v) is 7.63. The van der Waals surface area contributed by atoms with E-state index in [0.717, 1.165) is 4.57 Å². The number of piperidine rings is 1. The van der Waals surface area contributed by atoms with Gasteiger partial charge in [0.1, 0.15) is 16.9 Å². The molecule has 2 fully saturated rings. The molecule has 15 heteroatoms. The number of aromatic nitrogens is 5. The molecule has 5 aromatic rings. The van der Waals surface area contributed by atoms with Gasteiger partial charge in [0.2, 0.25) is 5.88 Å². The molecule has 3 atom stereocenters. The van der Waals surface area contributed by atoms with Crippen LogP contribution in [0.15, 0.2) is 64.4 Å². The summed E-state index contributed by atoms with van der Waals surface area (Å²) in [6.45, 7) is 3.78. The monoisotopic (exact) mass is 716 g/mol. The van der Waals surface area contributed by atoms with Gasteiger partial charge in [-0.3, -0.25) is 28.6 Å². The van der Waals surface area contributed by atoms with E-state index in [1.54, 1.807) is 32.3 Å². The van der Waals surface area contributed by atoms with Gasteiger partial charge in [-0.15, -0.1) is 0 Å². The topological polar surface area (TPSA) is 159 Å². The number of esters is 1. The number of ether oxygens (including phenoxy) is 2. The maximum atomic E-state index is 13.1. The summed E-state index contributed by atoms with van der Waals surface area (Å²) in [6, 6.07) is 12.6. The number of aryl methyl sites for hydroxylation is 1. The Hall–Kier alpha value is -4.82. The minimum Gasteiger partial charge on any atom is -0.480 e. The summed E-state index contributed by atoms with van der Waals surface area (Å²) in [5.74, 6) is 0.161. The van der Waals surface area contributed by atoms with E-state index in [4.69, 9.17) is 48.4 Å². The van der Waals surface area contributed by atoms with Crippen LogP contribution in [0.2, 0.25) is 10.0 Å². The standard InChI is InChI=1S/C35H34Cl2N8O5/c1-5-50-33(47)27-21-15-45(17-35(21,27)38)16-24-31(49-4)42-23(14-40-24)20-10-6-8-18(28(20)36)19-9-7-11-22(29(19)37)41-30-26-25(12-13-39-30)43(2)34(48)44(3)32(26)46/h6-14,21,27H,5,15-17,38H2,1-4H3,(H,39,41)/t21-,27+,35+/m0/s1. The highest BCUT2D eigenvalue weighted by atomic mass is 35.5. The first-order chi connectivity index (χ1) is 24.0. The highest BCUT2D eigenvalue weighted by molar-refractivity contribution is 6.39. The minimum absolute atomic E-state index is 0.0488. The molecule has 258 valence electrons. The van der Waals surface area contributed by atoms with Gasteiger partial charge >= 0.3 is 11.7 Å². The number of carbonyl (C=O) groups excluding carboxylic acids is 1. The summed E-state index contributed by atoms with van der Waals surface area (Å²) >= 11 is 14.0. The number of fused-ring (bicyclic) bond motifs is 2. The Morgan fingerprint density at radius 3 is 2.46 bits per heavy atom. The number of carbonyl (C=O) groups is 1. The zero-order chi connectivity index (χ0) is 35.5. The summed E-state index contributed by atoms with van der Waals surface area (Å²) in [5, 5.41) is 4.18. The maximum Gasteiger partial charge on any atom is 0.330 e. The third-order valence-corrected chi connectivity index (χ3v) is 10.4. The molecular formula is C35H34Cl2N8O5. The molecule has 0 spiro atoms. The summed E-state index contributed by atoms with van der Waals surface area (Å²) in [6.07, 6.45) is 3.17. The molecule has 4 heterocycles. The lowest BCUT2D eigenvalue weighted by atomic mass is 10.0. The van der Waals surface area contributed by atoms with E-state index in [-0.39, 0.29) is 29.0 Å². The first-order valence-electron chi connectivity index (χ1n) is 16.0. The summed E-state index contributed by atoms with van der Waals surface area (Å²) < 4.78 is 13.3. The first kappa shape index (κ1) is 33.7. The van der Waals surface area contributed by atoms with E-state index >= 15 is 0 Å². The molecule has 2 aromatic carbocycles. The van der Waals surface area contributed by atoms with Crippen LogP contribution in [0.5, 0.6) is 5.88 Å². The van der Waals surface area contributed by atoms with Crippen LogP contribution in [-0.4, -0.2) is 67.3 Å². The number of hydrogen-bond donors (Lipinski definition) is 2. The molecule has 2 aliphatic rings. The van der Waals surface area contributed by atoms with Crippen LogP contribution >= 0.6 is 23.2 Å². The van der Waals surface area contributed by atoms with Crippen LogP contribution in [-0.2, 0) is 30.2 Å². The molecule has 3 aromatic heterocycles. The fraction of sp³-hybridized carbons (Fsp3) is 0.314. The number of rotatable bonds is 9. The fourth-order valence-electron chi connectivity index (χ4n) is 7.03. The molecule has 1 saturated heterocycles. The number of nitrogens with two attached hydrogens (primary N) is 1. The van der Waals surface area contributed by atoms with Crippen LogP contribution in [0.3, 0.4) is 0 Å². The number of methoxy groups -OCH3 is 1. The highest BCUT2D eigenvalue weighted by Gasteiger charge is 2.70. The van der Waals surface area contributed by atoms with E-state index in [1.807, 2.05) is 30.3 Å². The number of halogens is 2. The van der Waals surface area contributed by atoms with Crippen molar-refractivity contribution in [3.63, 3.8) is 0 Å². The van der Waals surface area contributed by atoms with Gasteiger partial charge < -0.3 is 20.5 Å². The molecule has 0 amide bonds. The van der Waals surface area contributed by atoms with E-state index in [9.17, 15) is 14.4 Å². The predicted molar refractivity (Wildman–Crippen MR) is 191 cm³/mol. The van der Waals surface area contributed by atoms with Gasteiger partial charge in [0.25, 0.3) is 5.56 Å². The number of benzene rings is 2. The maximum absolute atomic E-state index is 13.1. The second kappa shape index (κ2) is 12.8. The van der Waals surface area contributed by atoms with E-state index in [2.05, 4.69) is 15.2 Å². The van der Waals surface area contributed by atoms with Gasteiger partial charge in [-0.1, -0.05) is 53.5 Å². The number of likely N-dealkylation sites (tertiary alicyclic amines) is 1. The molecule has 0 unspecified atom stereocenters. The van der Waals surface area contributed by atoms with Crippen molar-refractivity contribution >= 4 is 51.6 Å². The second-order valence-corrected chi connectivity index (χ2v) is 13.3. The van der Waals surface area contributed by atoms with Crippen molar-refractivity contribution in [3.8, 4) is 28.3 Å². The van der Waals surface area contributed by atoms with Gasteiger partial charge in [0.05, 0.1) is 52.8 Å². The van der Waals surface area contributed by atoms with Crippen molar-refractivity contribution in [1.29, 1.82) is 0 Å². The smallest absolute Gasteiger partial charge is 0.330 e. The summed E-state index contributed by atoms with van der Waals surface area (Å²) in [5.41, 5.74) is 9.01. The van der Waals surface area contributed by atoms with Crippen molar-refractivity contribution < 1.29 is 14.3 Å². The highest BCUT2D eigenvalue weighted by Crippen LogP contribution is 2.54. The molecule has 50 heavy (non-hydrogen) atoms. The predicted octanol–water partition coefficient (Wildman–Crippen LogP) is 4.14. The van der Waals surface area contributed by atoms with Crippen LogP contribution in [0.25, 0.3) is 33.3 Å². The van der Waals surface area contributed by atoms with E-state index < -0.39 is 16.8 Å². The Labute approximate surface area is 296 Å². The molecule has 1 aliphatic carbocycles. The molecule has 13 nitrogen and oxygen atoms in total. The second-order valence-electron chi connectivity index (χ2n) is 12.5. The van der Waals surface area contributed by atoms with Crippen LogP contribution in [0.1, 0.15) is 12.6 Å². The zero-order valence-electron chi connectivity index (χ0n) is 27.7. The number of hydrogen-bond acceptors (Lipinski definition) is 11.